The molecule has 1 amide bonds. The lowest BCUT2D eigenvalue weighted by atomic mass is 9.90. The highest BCUT2D eigenvalue weighted by Crippen LogP contribution is 2.22. The SMILES string of the molecule is CCC(=O)N1CCC(Cc2ccc(COc3cccnc3)cc2)CC1. The molecule has 1 fully saturated rings. The van der Waals surface area contributed by atoms with Crippen LogP contribution >= 0.6 is 0 Å². The van der Waals surface area contributed by atoms with Crippen LogP contribution in [0.5, 0.6) is 5.75 Å². The lowest BCUT2D eigenvalue weighted by Gasteiger charge is -2.32. The van der Waals surface area contributed by atoms with E-state index in [1.165, 1.54) is 5.56 Å². The molecule has 0 bridgehead atoms. The molecule has 0 N–H and O–H groups in total. The van der Waals surface area contributed by atoms with E-state index in [-0.39, 0.29) is 5.91 Å². The Kier molecular flexibility index (Phi) is 6.04. The second-order valence-electron chi connectivity index (χ2n) is 6.68. The first kappa shape index (κ1) is 17.5. The summed E-state index contributed by atoms with van der Waals surface area (Å²) in [6.07, 6.45) is 7.40. The third-order valence-corrected chi connectivity index (χ3v) is 4.86. The summed E-state index contributed by atoms with van der Waals surface area (Å²) in [5, 5.41) is 0. The average molecular weight is 338 g/mol. The van der Waals surface area contributed by atoms with Gasteiger partial charge in [-0.05, 0) is 48.4 Å². The molecule has 0 aliphatic carbocycles. The zero-order valence-corrected chi connectivity index (χ0v) is 14.9. The summed E-state index contributed by atoms with van der Waals surface area (Å²) in [5.41, 5.74) is 2.53. The summed E-state index contributed by atoms with van der Waals surface area (Å²) in [7, 11) is 0. The van der Waals surface area contributed by atoms with Gasteiger partial charge in [0.1, 0.15) is 12.4 Å². The van der Waals surface area contributed by atoms with Crippen LogP contribution in [0.2, 0.25) is 0 Å². The number of pyridine rings is 1. The van der Waals surface area contributed by atoms with Crippen molar-refractivity contribution < 1.29 is 9.53 Å². The molecule has 0 atom stereocenters. The molecule has 2 aromatic rings. The van der Waals surface area contributed by atoms with Crippen LogP contribution in [0, 0.1) is 5.92 Å². The molecule has 2 heterocycles. The van der Waals surface area contributed by atoms with E-state index in [1.807, 2.05) is 24.0 Å². The first-order chi connectivity index (χ1) is 12.2. The van der Waals surface area contributed by atoms with Gasteiger partial charge in [-0.15, -0.1) is 0 Å². The Morgan fingerprint density at radius 2 is 1.88 bits per heavy atom. The van der Waals surface area contributed by atoms with Gasteiger partial charge in [0.2, 0.25) is 5.91 Å². The van der Waals surface area contributed by atoms with Crippen LogP contribution in [-0.4, -0.2) is 28.9 Å². The lowest BCUT2D eigenvalue weighted by Crippen LogP contribution is -2.38. The number of amides is 1. The quantitative estimate of drug-likeness (QED) is 0.803. The molecule has 0 unspecified atom stereocenters. The Hall–Kier alpha value is -2.36. The Balaban J connectivity index is 1.46. The number of carbonyl (C=O) groups excluding carboxylic acids is 1. The largest absolute Gasteiger partial charge is 0.487 e. The standard InChI is InChI=1S/C21H26N2O2/c1-2-21(24)23-12-9-18(10-13-23)14-17-5-7-19(8-6-17)16-25-20-4-3-11-22-15-20/h3-8,11,15,18H,2,9-10,12-14,16H2,1H3. The normalized spacial score (nSPS) is 15.2. The topological polar surface area (TPSA) is 42.4 Å². The van der Waals surface area contributed by atoms with Gasteiger partial charge in [-0.1, -0.05) is 31.2 Å². The highest BCUT2D eigenvalue weighted by atomic mass is 16.5. The van der Waals surface area contributed by atoms with Crippen molar-refractivity contribution in [3.8, 4) is 5.75 Å². The van der Waals surface area contributed by atoms with Crippen molar-refractivity contribution >= 4 is 5.91 Å². The van der Waals surface area contributed by atoms with Gasteiger partial charge >= 0.3 is 0 Å². The number of ether oxygens (including phenoxy) is 1. The molecule has 4 nitrogen and oxygen atoms in total. The fourth-order valence-electron chi connectivity index (χ4n) is 3.31. The maximum atomic E-state index is 11.7. The molecule has 1 aliphatic heterocycles. The van der Waals surface area contributed by atoms with Gasteiger partial charge in [0.05, 0.1) is 6.20 Å². The molecule has 1 aromatic heterocycles. The second-order valence-corrected chi connectivity index (χ2v) is 6.68. The molecule has 1 saturated heterocycles. The zero-order valence-electron chi connectivity index (χ0n) is 14.9. The van der Waals surface area contributed by atoms with Crippen LogP contribution in [0.4, 0.5) is 0 Å². The Bertz CT molecular complexity index is 662. The van der Waals surface area contributed by atoms with Crippen molar-refractivity contribution in [1.29, 1.82) is 0 Å². The van der Waals surface area contributed by atoms with Crippen LogP contribution in [-0.2, 0) is 17.8 Å². The Morgan fingerprint density at radius 1 is 1.16 bits per heavy atom. The summed E-state index contributed by atoms with van der Waals surface area (Å²) >= 11 is 0. The van der Waals surface area contributed by atoms with E-state index in [4.69, 9.17) is 4.74 Å². The lowest BCUT2D eigenvalue weighted by molar-refractivity contribution is -0.132. The van der Waals surface area contributed by atoms with E-state index in [9.17, 15) is 4.79 Å². The van der Waals surface area contributed by atoms with Crippen LogP contribution in [0.25, 0.3) is 0 Å². The Labute approximate surface area is 149 Å². The third-order valence-electron chi connectivity index (χ3n) is 4.86. The van der Waals surface area contributed by atoms with E-state index in [2.05, 4.69) is 29.2 Å². The zero-order chi connectivity index (χ0) is 17.5. The van der Waals surface area contributed by atoms with E-state index in [0.717, 1.165) is 43.7 Å². The van der Waals surface area contributed by atoms with Crippen LogP contribution in [0.15, 0.2) is 48.8 Å². The van der Waals surface area contributed by atoms with Crippen molar-refractivity contribution in [3.63, 3.8) is 0 Å². The van der Waals surface area contributed by atoms with Gasteiger partial charge in [-0.2, -0.15) is 0 Å². The predicted molar refractivity (Wildman–Crippen MR) is 98.3 cm³/mol. The van der Waals surface area contributed by atoms with Crippen molar-refractivity contribution in [2.75, 3.05) is 13.1 Å². The third kappa shape index (κ3) is 5.05. The molecule has 0 spiro atoms. The van der Waals surface area contributed by atoms with Crippen molar-refractivity contribution in [1.82, 2.24) is 9.88 Å². The molecule has 0 saturated carbocycles. The molecule has 4 heteroatoms. The maximum Gasteiger partial charge on any atom is 0.222 e. The molecule has 25 heavy (non-hydrogen) atoms. The number of piperidine rings is 1. The number of nitrogens with zero attached hydrogens (tertiary/aromatic N) is 2. The number of likely N-dealkylation sites (tertiary alicyclic amines) is 1. The number of rotatable bonds is 6. The first-order valence-corrected chi connectivity index (χ1v) is 9.13. The molecular weight excluding hydrogens is 312 g/mol. The van der Waals surface area contributed by atoms with Crippen molar-refractivity contribution in [3.05, 3.63) is 59.9 Å². The fourth-order valence-corrected chi connectivity index (χ4v) is 3.31. The smallest absolute Gasteiger partial charge is 0.222 e. The minimum absolute atomic E-state index is 0.288. The van der Waals surface area contributed by atoms with E-state index in [1.54, 1.807) is 12.4 Å². The number of aromatic nitrogens is 1. The Morgan fingerprint density at radius 3 is 2.52 bits per heavy atom. The van der Waals surface area contributed by atoms with Gasteiger partial charge in [0.15, 0.2) is 0 Å². The van der Waals surface area contributed by atoms with E-state index >= 15 is 0 Å². The van der Waals surface area contributed by atoms with E-state index in [0.29, 0.717) is 18.9 Å². The van der Waals surface area contributed by atoms with Gasteiger partial charge in [-0.25, -0.2) is 0 Å². The van der Waals surface area contributed by atoms with Gasteiger partial charge in [0.25, 0.3) is 0 Å². The molecular formula is C21H26N2O2. The summed E-state index contributed by atoms with van der Waals surface area (Å²) in [6.45, 7) is 4.32. The fraction of sp³-hybridized carbons (Fsp3) is 0.429. The minimum Gasteiger partial charge on any atom is -0.487 e. The highest BCUT2D eigenvalue weighted by Gasteiger charge is 2.21. The summed E-state index contributed by atoms with van der Waals surface area (Å²) in [5.74, 6) is 1.76. The van der Waals surface area contributed by atoms with Crippen molar-refractivity contribution in [2.45, 2.75) is 39.2 Å². The highest BCUT2D eigenvalue weighted by molar-refractivity contribution is 5.75. The number of benzene rings is 1. The van der Waals surface area contributed by atoms with Gasteiger partial charge in [0, 0.05) is 25.7 Å². The maximum absolute atomic E-state index is 11.7. The molecule has 1 aliphatic rings. The summed E-state index contributed by atoms with van der Waals surface area (Å²) in [6, 6.07) is 12.5. The van der Waals surface area contributed by atoms with E-state index < -0.39 is 0 Å². The van der Waals surface area contributed by atoms with Crippen LogP contribution in [0.1, 0.15) is 37.3 Å². The van der Waals surface area contributed by atoms with Crippen LogP contribution in [0.3, 0.4) is 0 Å². The first-order valence-electron chi connectivity index (χ1n) is 9.13. The number of hydrogen-bond donors (Lipinski definition) is 0. The van der Waals surface area contributed by atoms with Crippen LogP contribution < -0.4 is 4.74 Å². The van der Waals surface area contributed by atoms with Crippen molar-refractivity contribution in [2.24, 2.45) is 5.92 Å². The number of hydrogen-bond acceptors (Lipinski definition) is 3. The molecule has 1 aromatic carbocycles. The molecule has 0 radical (unpaired) electrons. The summed E-state index contributed by atoms with van der Waals surface area (Å²) < 4.78 is 5.73. The minimum atomic E-state index is 0.288. The second kappa shape index (κ2) is 8.65. The van der Waals surface area contributed by atoms with Gasteiger partial charge in [-0.3, -0.25) is 9.78 Å². The van der Waals surface area contributed by atoms with Gasteiger partial charge < -0.3 is 9.64 Å². The monoisotopic (exact) mass is 338 g/mol. The average Bonchev–Trinajstić information content (AvgIpc) is 2.68. The molecule has 132 valence electrons. The summed E-state index contributed by atoms with van der Waals surface area (Å²) in [4.78, 5) is 17.8. The molecule has 3 rings (SSSR count). The predicted octanol–water partition coefficient (Wildman–Crippen LogP) is 3.85. The number of carbonyl (C=O) groups is 1.